The summed E-state index contributed by atoms with van der Waals surface area (Å²) in [7, 11) is 0. The van der Waals surface area contributed by atoms with Crippen molar-refractivity contribution >= 4 is 74.4 Å². The van der Waals surface area contributed by atoms with Crippen LogP contribution in [0.15, 0.2) is 140 Å². The predicted octanol–water partition coefficient (Wildman–Crippen LogP) is 8.01. The first-order valence-corrected chi connectivity index (χ1v) is 37.4. The van der Waals surface area contributed by atoms with Gasteiger partial charge in [0.25, 0.3) is 5.69 Å². The molecule has 14 rings (SSSR count). The average molecular weight is 1500 g/mol. The van der Waals surface area contributed by atoms with E-state index in [9.17, 15) is 36.4 Å². The maximum Gasteiger partial charge on any atom is 0.373 e. The quantitative estimate of drug-likeness (QED) is 0.0189. The maximum absolute atomic E-state index is 13.6. The monoisotopic (exact) mass is 1490 g/mol. The Bertz CT molecular complexity index is 3830. The molecule has 0 spiro atoms. The lowest BCUT2D eigenvalue weighted by Gasteiger charge is -2.30. The third-order valence-electron chi connectivity index (χ3n) is 18.2. The largest absolute Gasteiger partial charge is 0.755 e. The van der Waals surface area contributed by atoms with Gasteiger partial charge in [-0.15, -0.1) is 0 Å². The van der Waals surface area contributed by atoms with Crippen LogP contribution in [0, 0.1) is 58.2 Å². The van der Waals surface area contributed by atoms with E-state index in [0.717, 1.165) is 192 Å². The van der Waals surface area contributed by atoms with Gasteiger partial charge < -0.3 is 80.8 Å². The lowest BCUT2D eigenvalue weighted by molar-refractivity contribution is -0.384. The van der Waals surface area contributed by atoms with Crippen molar-refractivity contribution < 1.29 is 40.8 Å². The fourth-order valence-corrected chi connectivity index (χ4v) is 12.8. The molecule has 25 nitrogen and oxygen atoms in total. The average Bonchev–Trinajstić information content (AvgIpc) is 0.826. The standard InChI is InChI=1S/2C12H18N2.C11H11F2N3.C11H12FN3.C10H12FN3O2.C10H15N3O2S.C10H15N3.CO2/c2*1-2-11-3-5-12(6-4-11)14-9-7-13-8-10-14;1-14-8-6-9(12)11(10(13)7-8)16-4-2-15-3-5-16;12-10-1-2-11(9(7-10)8-13)15-5-3-14-4-6-15;11-8-1-2-9(10(7-8)14(15)16)13-5-3-12-4-6-13;14-16(15)12-9-1-3-10(4-2-9)13-7-5-11-6-8-13;1-9-2-3-10(12-8-9)13-6-4-11-5-7-13;2-1-3/h2*3-6,13H,2,7-10H2,1H3;6-7,15H,2-5H2;1-2,7,14H,3-6H2;1-2,7,12H,3-6H2;1-4,11-12H,5-8H2,(H,14,15);2-3,8,11H,4-7H2,1H3;/p-1. The van der Waals surface area contributed by atoms with Crippen molar-refractivity contribution in [3.05, 3.63) is 207 Å². The number of piperazine rings is 7. The van der Waals surface area contributed by atoms with Crippen LogP contribution < -0.4 is 76.2 Å². The Kier molecular flexibility index (Phi) is 37.1. The molecule has 8 heterocycles. The van der Waals surface area contributed by atoms with E-state index in [4.69, 9.17) is 21.4 Å². The lowest BCUT2D eigenvalue weighted by Crippen LogP contribution is -2.44. The van der Waals surface area contributed by atoms with Crippen molar-refractivity contribution in [2.75, 3.05) is 222 Å². The molecule has 7 aliphatic rings. The number of nitriles is 1. The second-order valence-corrected chi connectivity index (χ2v) is 26.1. The van der Waals surface area contributed by atoms with Gasteiger partial charge in [0.05, 0.1) is 28.8 Å². The molecule has 0 aliphatic carbocycles. The predicted molar refractivity (Wildman–Crippen MR) is 417 cm³/mol. The molecule has 0 bridgehead atoms. The van der Waals surface area contributed by atoms with E-state index in [1.807, 2.05) is 29.3 Å². The van der Waals surface area contributed by atoms with Crippen LogP contribution in [0.1, 0.15) is 36.1 Å². The Morgan fingerprint density at radius 3 is 1.22 bits per heavy atom. The second kappa shape index (κ2) is 47.0. The number of nitrogens with zero attached hydrogens (tertiary/aromatic N) is 11. The number of benzene rings is 6. The fourth-order valence-electron chi connectivity index (χ4n) is 12.4. The molecule has 0 amide bonds. The zero-order valence-electron chi connectivity index (χ0n) is 61.3. The number of nitro benzene ring substituents is 1. The topological polar surface area (TPSA) is 277 Å². The molecule has 1 atom stereocenters. The molecular formula is C77H100F4N19O6S-. The van der Waals surface area contributed by atoms with E-state index in [-0.39, 0.29) is 29.0 Å². The zero-order chi connectivity index (χ0) is 76.6. The maximum atomic E-state index is 13.6. The van der Waals surface area contributed by atoms with Crippen LogP contribution in [0.25, 0.3) is 4.85 Å². The zero-order valence-corrected chi connectivity index (χ0v) is 62.1. The summed E-state index contributed by atoms with van der Waals surface area (Å²) in [6.07, 6.45) is 4.43. The number of hydrogen-bond donors (Lipinski definition) is 8. The van der Waals surface area contributed by atoms with Crippen molar-refractivity contribution in [1.82, 2.24) is 42.2 Å². The number of aryl methyl sites for hydroxylation is 3. The first kappa shape index (κ1) is 84.4. The normalized spacial score (nSPS) is 16.4. The minimum atomic E-state index is -2.25. The number of pyridine rings is 1. The Morgan fingerprint density at radius 2 is 0.869 bits per heavy atom. The van der Waals surface area contributed by atoms with Crippen LogP contribution in [0.4, 0.5) is 74.6 Å². The third kappa shape index (κ3) is 28.8. The van der Waals surface area contributed by atoms with Crippen molar-refractivity contribution in [3.8, 4) is 6.07 Å². The van der Waals surface area contributed by atoms with E-state index in [2.05, 4.69) is 158 Å². The Labute approximate surface area is 628 Å². The number of carbonyl (C=O) groups excluding carboxylic acids is 2. The summed E-state index contributed by atoms with van der Waals surface area (Å²) in [6, 6.07) is 41.8. The van der Waals surface area contributed by atoms with Gasteiger partial charge in [-0.1, -0.05) is 44.2 Å². The van der Waals surface area contributed by atoms with E-state index < -0.39 is 33.6 Å². The summed E-state index contributed by atoms with van der Waals surface area (Å²) >= 11 is -2.25. The van der Waals surface area contributed by atoms with Crippen LogP contribution in [-0.2, 0) is 33.7 Å². The van der Waals surface area contributed by atoms with E-state index in [1.54, 1.807) is 23.1 Å². The molecular weight excluding hydrogens is 1400 g/mol. The fraction of sp³-hybridized carbons (Fsp3) is 0.429. The second-order valence-electron chi connectivity index (χ2n) is 25.4. The van der Waals surface area contributed by atoms with Crippen molar-refractivity contribution in [3.63, 3.8) is 0 Å². The van der Waals surface area contributed by atoms with Gasteiger partial charge in [0.1, 0.15) is 46.5 Å². The molecule has 7 saturated heterocycles. The van der Waals surface area contributed by atoms with Gasteiger partial charge in [0, 0.05) is 223 Å². The summed E-state index contributed by atoms with van der Waals surface area (Å²) in [4.78, 5) is 49.1. The van der Waals surface area contributed by atoms with Crippen molar-refractivity contribution in [1.29, 1.82) is 5.26 Å². The number of anilines is 8. The molecule has 7 fully saturated rings. The number of nitro groups is 1. The van der Waals surface area contributed by atoms with Crippen LogP contribution >= 0.6 is 0 Å². The number of hydrogen-bond acceptors (Lipinski definition) is 22. The first-order valence-electron chi connectivity index (χ1n) is 36.3. The molecule has 574 valence electrons. The van der Waals surface area contributed by atoms with Crippen LogP contribution in [0.5, 0.6) is 0 Å². The minimum Gasteiger partial charge on any atom is -0.755 e. The molecule has 7 aromatic rings. The Hall–Kier alpha value is -9.82. The molecule has 1 aromatic heterocycles. The summed E-state index contributed by atoms with van der Waals surface area (Å²) in [5.41, 5.74) is 10.1. The molecule has 0 radical (unpaired) electrons. The SMILES string of the molecule is CCc1ccc(N2CCNCC2)cc1.CCc1ccc(N2CCNCC2)cc1.Cc1ccc(N2CCNCC2)nc1.N#Cc1cc(F)ccc1N1CCNCC1.O=C=O.O=S([O-])Nc1ccc(N2CCNCC2)cc1.O=[N+]([O-])c1cc(F)ccc1N1CCNCC1.[C-]#[N+]c1cc(F)c(N2CCNCC2)c(F)c1. The first-order chi connectivity index (χ1) is 52.0. The molecule has 1 unspecified atom stereocenters. The highest BCUT2D eigenvalue weighted by Gasteiger charge is 2.23. The van der Waals surface area contributed by atoms with Gasteiger partial charge in [-0.3, -0.25) is 14.3 Å². The van der Waals surface area contributed by atoms with Crippen LogP contribution in [-0.4, -0.2) is 208 Å². The van der Waals surface area contributed by atoms with E-state index in [1.165, 1.54) is 52.3 Å². The van der Waals surface area contributed by atoms with Gasteiger partial charge in [0.2, 0.25) is 0 Å². The molecule has 7 aliphatic heterocycles. The summed E-state index contributed by atoms with van der Waals surface area (Å²) in [5.74, 6) is -1.15. The molecule has 0 saturated carbocycles. The summed E-state index contributed by atoms with van der Waals surface area (Å²) < 4.78 is 76.3. The van der Waals surface area contributed by atoms with Crippen LogP contribution in [0.2, 0.25) is 0 Å². The third-order valence-corrected chi connectivity index (χ3v) is 18.6. The molecule has 6 aromatic carbocycles. The Morgan fingerprint density at radius 1 is 0.514 bits per heavy atom. The van der Waals surface area contributed by atoms with Gasteiger partial charge in [-0.05, 0) is 134 Å². The highest BCUT2D eigenvalue weighted by atomic mass is 32.2. The summed E-state index contributed by atoms with van der Waals surface area (Å²) in [5, 5.41) is 42.6. The Balaban J connectivity index is 0.000000173. The van der Waals surface area contributed by atoms with Crippen molar-refractivity contribution in [2.45, 2.75) is 33.6 Å². The van der Waals surface area contributed by atoms with E-state index >= 15 is 0 Å². The molecule has 30 heteroatoms. The van der Waals surface area contributed by atoms with Gasteiger partial charge in [0.15, 0.2) is 5.69 Å². The van der Waals surface area contributed by atoms with Gasteiger partial charge in [-0.25, -0.2) is 27.4 Å². The van der Waals surface area contributed by atoms with Gasteiger partial charge in [-0.2, -0.15) is 14.9 Å². The van der Waals surface area contributed by atoms with E-state index in [0.29, 0.717) is 56.2 Å². The number of halogens is 4. The molecule has 8 N–H and O–H groups in total. The van der Waals surface area contributed by atoms with Crippen molar-refractivity contribution in [2.24, 2.45) is 0 Å². The number of rotatable bonds is 12. The smallest absolute Gasteiger partial charge is 0.373 e. The highest BCUT2D eigenvalue weighted by Crippen LogP contribution is 2.31. The highest BCUT2D eigenvalue weighted by molar-refractivity contribution is 7.80. The molecule has 107 heavy (non-hydrogen) atoms. The van der Waals surface area contributed by atoms with Gasteiger partial charge >= 0.3 is 6.15 Å². The number of aromatic nitrogens is 1. The summed E-state index contributed by atoms with van der Waals surface area (Å²) in [6.45, 7) is 39.4. The lowest BCUT2D eigenvalue weighted by atomic mass is 10.1. The minimum absolute atomic E-state index is 0.00566. The number of nitrogens with one attached hydrogen (secondary N) is 8. The van der Waals surface area contributed by atoms with Crippen LogP contribution in [0.3, 0.4) is 0 Å².